The Morgan fingerprint density at radius 1 is 1.24 bits per heavy atom. The number of rotatable bonds is 5. The monoisotopic (exact) mass is 254 g/mol. The summed E-state index contributed by atoms with van der Waals surface area (Å²) in [6.07, 6.45) is 2.36. The molecule has 0 radical (unpaired) electrons. The molecule has 17 heavy (non-hydrogen) atoms. The van der Waals surface area contributed by atoms with Gasteiger partial charge >= 0.3 is 0 Å². The van der Waals surface area contributed by atoms with Crippen LogP contribution in [0.3, 0.4) is 0 Å². The molecule has 2 nitrogen and oxygen atoms in total. The van der Waals surface area contributed by atoms with Crippen LogP contribution in [0.4, 0.5) is 0 Å². The first-order chi connectivity index (χ1) is 7.70. The van der Waals surface area contributed by atoms with Gasteiger partial charge in [0.05, 0.1) is 11.2 Å². The van der Waals surface area contributed by atoms with Crippen molar-refractivity contribution in [2.75, 3.05) is 6.54 Å². The van der Waals surface area contributed by atoms with Crippen LogP contribution >= 0.6 is 11.3 Å². The third-order valence-corrected chi connectivity index (χ3v) is 3.97. The zero-order valence-corrected chi connectivity index (χ0v) is 12.9. The van der Waals surface area contributed by atoms with E-state index in [4.69, 9.17) is 0 Å². The molecule has 0 unspecified atom stereocenters. The molecular formula is C14H26N2S. The lowest BCUT2D eigenvalue weighted by atomic mass is 9.86. The number of hydrogen-bond acceptors (Lipinski definition) is 3. The summed E-state index contributed by atoms with van der Waals surface area (Å²) in [5.74, 6) is 0. The van der Waals surface area contributed by atoms with E-state index < -0.39 is 0 Å². The maximum Gasteiger partial charge on any atom is 0.0797 e. The summed E-state index contributed by atoms with van der Waals surface area (Å²) in [6, 6.07) is 0. The standard InChI is InChI=1S/C14H26N2S/c1-11-12(17-10-15-11)7-8-14(5,6)9-16-13(2,3)4/h10,16H,7-9H2,1-6H3. The summed E-state index contributed by atoms with van der Waals surface area (Å²) in [7, 11) is 0. The smallest absolute Gasteiger partial charge is 0.0797 e. The van der Waals surface area contributed by atoms with E-state index in [1.54, 1.807) is 11.3 Å². The van der Waals surface area contributed by atoms with Gasteiger partial charge in [0.2, 0.25) is 0 Å². The van der Waals surface area contributed by atoms with E-state index in [1.165, 1.54) is 17.0 Å². The molecule has 0 fully saturated rings. The van der Waals surface area contributed by atoms with Gasteiger partial charge in [-0.1, -0.05) is 13.8 Å². The van der Waals surface area contributed by atoms with Crippen molar-refractivity contribution in [3.8, 4) is 0 Å². The van der Waals surface area contributed by atoms with Crippen molar-refractivity contribution >= 4 is 11.3 Å². The number of aryl methyl sites for hydroxylation is 2. The van der Waals surface area contributed by atoms with E-state index in [0.717, 1.165) is 13.0 Å². The third kappa shape index (κ3) is 5.64. The van der Waals surface area contributed by atoms with Gasteiger partial charge in [0.1, 0.15) is 0 Å². The fraction of sp³-hybridized carbons (Fsp3) is 0.786. The van der Waals surface area contributed by atoms with Crippen LogP contribution in [0.1, 0.15) is 51.6 Å². The van der Waals surface area contributed by atoms with Gasteiger partial charge in [0.25, 0.3) is 0 Å². The van der Waals surface area contributed by atoms with Gasteiger partial charge in [0.15, 0.2) is 0 Å². The highest BCUT2D eigenvalue weighted by atomic mass is 32.1. The first-order valence-corrected chi connectivity index (χ1v) is 7.22. The van der Waals surface area contributed by atoms with E-state index in [2.05, 4.69) is 51.8 Å². The molecular weight excluding hydrogens is 228 g/mol. The summed E-state index contributed by atoms with van der Waals surface area (Å²) < 4.78 is 0. The van der Waals surface area contributed by atoms with Crippen LogP contribution in [0.2, 0.25) is 0 Å². The molecule has 0 amide bonds. The third-order valence-electron chi connectivity index (χ3n) is 2.97. The molecule has 0 saturated carbocycles. The van der Waals surface area contributed by atoms with Crippen LogP contribution in [0, 0.1) is 12.3 Å². The first-order valence-electron chi connectivity index (χ1n) is 6.34. The molecule has 0 spiro atoms. The Morgan fingerprint density at radius 2 is 1.88 bits per heavy atom. The van der Waals surface area contributed by atoms with E-state index in [1.807, 2.05) is 5.51 Å². The second-order valence-corrected chi connectivity index (χ2v) is 7.57. The van der Waals surface area contributed by atoms with Crippen molar-refractivity contribution in [2.24, 2.45) is 5.41 Å². The van der Waals surface area contributed by atoms with Gasteiger partial charge in [0, 0.05) is 17.0 Å². The predicted molar refractivity (Wildman–Crippen MR) is 76.7 cm³/mol. The summed E-state index contributed by atoms with van der Waals surface area (Å²) in [5, 5.41) is 3.59. The molecule has 0 aliphatic heterocycles. The second-order valence-electron chi connectivity index (χ2n) is 6.63. The van der Waals surface area contributed by atoms with Crippen LogP contribution in [0.5, 0.6) is 0 Å². The number of nitrogens with one attached hydrogen (secondary N) is 1. The Morgan fingerprint density at radius 3 is 2.35 bits per heavy atom. The molecule has 1 N–H and O–H groups in total. The molecule has 3 heteroatoms. The Labute approximate surface area is 110 Å². The number of nitrogens with zero attached hydrogens (tertiary/aromatic N) is 1. The molecule has 0 aliphatic rings. The average Bonchev–Trinajstić information content (AvgIpc) is 2.58. The highest BCUT2D eigenvalue weighted by Crippen LogP contribution is 2.25. The van der Waals surface area contributed by atoms with Crippen LogP contribution in [0.25, 0.3) is 0 Å². The van der Waals surface area contributed by atoms with E-state index in [-0.39, 0.29) is 5.54 Å². The normalized spacial score (nSPS) is 13.1. The zero-order chi connectivity index (χ0) is 13.1. The molecule has 0 aliphatic carbocycles. The molecule has 98 valence electrons. The van der Waals surface area contributed by atoms with Crippen molar-refractivity contribution < 1.29 is 0 Å². The summed E-state index contributed by atoms with van der Waals surface area (Å²) in [4.78, 5) is 5.74. The maximum atomic E-state index is 4.31. The topological polar surface area (TPSA) is 24.9 Å². The summed E-state index contributed by atoms with van der Waals surface area (Å²) in [5.41, 5.74) is 3.70. The molecule has 0 saturated heterocycles. The highest BCUT2D eigenvalue weighted by Gasteiger charge is 2.21. The van der Waals surface area contributed by atoms with Crippen molar-refractivity contribution in [1.29, 1.82) is 0 Å². The Balaban J connectivity index is 2.42. The lowest BCUT2D eigenvalue weighted by Gasteiger charge is -2.30. The fourth-order valence-electron chi connectivity index (χ4n) is 1.61. The van der Waals surface area contributed by atoms with Gasteiger partial charge in [-0.15, -0.1) is 11.3 Å². The van der Waals surface area contributed by atoms with Gasteiger partial charge in [-0.05, 0) is 46.0 Å². The van der Waals surface area contributed by atoms with Crippen molar-refractivity contribution in [3.63, 3.8) is 0 Å². The van der Waals surface area contributed by atoms with E-state index in [9.17, 15) is 0 Å². The lowest BCUT2D eigenvalue weighted by Crippen LogP contribution is -2.42. The Bertz CT molecular complexity index is 347. The number of hydrogen-bond donors (Lipinski definition) is 1. The van der Waals surface area contributed by atoms with Crippen LogP contribution in [-0.4, -0.2) is 17.1 Å². The van der Waals surface area contributed by atoms with Crippen molar-refractivity contribution in [2.45, 2.75) is 59.9 Å². The van der Waals surface area contributed by atoms with Crippen LogP contribution in [-0.2, 0) is 6.42 Å². The minimum Gasteiger partial charge on any atom is -0.312 e. The molecule has 0 atom stereocenters. The molecule has 1 aromatic heterocycles. The number of aromatic nitrogens is 1. The minimum absolute atomic E-state index is 0.206. The zero-order valence-electron chi connectivity index (χ0n) is 12.1. The second kappa shape index (κ2) is 5.49. The van der Waals surface area contributed by atoms with E-state index in [0.29, 0.717) is 5.41 Å². The summed E-state index contributed by atoms with van der Waals surface area (Å²) >= 11 is 1.78. The highest BCUT2D eigenvalue weighted by molar-refractivity contribution is 7.09. The largest absolute Gasteiger partial charge is 0.312 e. The lowest BCUT2D eigenvalue weighted by molar-refractivity contribution is 0.274. The maximum absolute atomic E-state index is 4.31. The van der Waals surface area contributed by atoms with Gasteiger partial charge in [-0.2, -0.15) is 0 Å². The average molecular weight is 254 g/mol. The SMILES string of the molecule is Cc1ncsc1CCC(C)(C)CNC(C)(C)C. The van der Waals surface area contributed by atoms with Gasteiger partial charge < -0.3 is 5.32 Å². The molecule has 1 aromatic rings. The predicted octanol–water partition coefficient (Wildman–Crippen LogP) is 3.80. The molecule has 1 heterocycles. The Kier molecular flexibility index (Phi) is 4.73. The first kappa shape index (κ1) is 14.7. The van der Waals surface area contributed by atoms with E-state index >= 15 is 0 Å². The summed E-state index contributed by atoms with van der Waals surface area (Å²) in [6.45, 7) is 14.5. The van der Waals surface area contributed by atoms with Gasteiger partial charge in [-0.25, -0.2) is 4.98 Å². The van der Waals surface area contributed by atoms with Crippen LogP contribution < -0.4 is 5.32 Å². The minimum atomic E-state index is 0.206. The van der Waals surface area contributed by atoms with Crippen LogP contribution in [0.15, 0.2) is 5.51 Å². The van der Waals surface area contributed by atoms with Crippen molar-refractivity contribution in [1.82, 2.24) is 10.3 Å². The molecule has 1 rings (SSSR count). The Hall–Kier alpha value is -0.410. The molecule has 0 bridgehead atoms. The fourth-order valence-corrected chi connectivity index (χ4v) is 2.39. The number of thiazole rings is 1. The molecule has 0 aromatic carbocycles. The van der Waals surface area contributed by atoms with Gasteiger partial charge in [-0.3, -0.25) is 0 Å². The van der Waals surface area contributed by atoms with Crippen molar-refractivity contribution in [3.05, 3.63) is 16.1 Å². The quantitative estimate of drug-likeness (QED) is 0.864.